The molecular formula is C11H11BClF3O3. The number of hydrogen-bond acceptors (Lipinski definition) is 3. The second-order valence-electron chi connectivity index (χ2n) is 3.91. The van der Waals surface area contributed by atoms with E-state index in [9.17, 15) is 13.2 Å². The predicted molar refractivity (Wildman–Crippen MR) is 64.8 cm³/mol. The number of alkyl halides is 2. The standard InChI is InChI=1S/C11H11BClF3O3/c13-8-3-2-7(12-18-4-1-5-19-12)10(16)11(8)17-6-9(14)15/h2-3,9H,1,4-6H2. The van der Waals surface area contributed by atoms with Gasteiger partial charge in [-0.3, -0.25) is 0 Å². The molecule has 1 heterocycles. The molecule has 0 saturated carbocycles. The Balaban J connectivity index is 2.22. The largest absolute Gasteiger partial charge is 0.497 e. The number of benzene rings is 1. The van der Waals surface area contributed by atoms with Gasteiger partial charge in [-0.1, -0.05) is 17.7 Å². The third-order valence-electron chi connectivity index (χ3n) is 2.51. The lowest BCUT2D eigenvalue weighted by Crippen LogP contribution is -2.42. The quantitative estimate of drug-likeness (QED) is 0.797. The fourth-order valence-electron chi connectivity index (χ4n) is 1.68. The van der Waals surface area contributed by atoms with Crippen LogP contribution in [0.2, 0.25) is 5.02 Å². The van der Waals surface area contributed by atoms with Gasteiger partial charge in [-0.15, -0.1) is 0 Å². The Morgan fingerprint density at radius 1 is 1.32 bits per heavy atom. The molecule has 104 valence electrons. The summed E-state index contributed by atoms with van der Waals surface area (Å²) in [7, 11) is -0.861. The van der Waals surface area contributed by atoms with Crippen LogP contribution < -0.4 is 10.2 Å². The summed E-state index contributed by atoms with van der Waals surface area (Å²) in [4.78, 5) is 0. The van der Waals surface area contributed by atoms with E-state index in [2.05, 4.69) is 0 Å². The number of halogens is 4. The zero-order valence-corrected chi connectivity index (χ0v) is 10.6. The van der Waals surface area contributed by atoms with Gasteiger partial charge in [-0.2, -0.15) is 0 Å². The maximum atomic E-state index is 14.2. The molecule has 1 fully saturated rings. The van der Waals surface area contributed by atoms with Gasteiger partial charge < -0.3 is 14.0 Å². The van der Waals surface area contributed by atoms with E-state index in [1.165, 1.54) is 12.1 Å². The van der Waals surface area contributed by atoms with Gasteiger partial charge in [0, 0.05) is 18.7 Å². The Hall–Kier alpha value is -0.915. The molecule has 0 spiro atoms. The van der Waals surface area contributed by atoms with Crippen molar-refractivity contribution in [1.29, 1.82) is 0 Å². The van der Waals surface area contributed by atoms with Gasteiger partial charge in [-0.05, 0) is 12.5 Å². The molecule has 0 unspecified atom stereocenters. The van der Waals surface area contributed by atoms with Crippen molar-refractivity contribution in [3.05, 3.63) is 23.0 Å². The first-order chi connectivity index (χ1) is 9.09. The average molecular weight is 294 g/mol. The van der Waals surface area contributed by atoms with E-state index in [1.54, 1.807) is 0 Å². The molecule has 0 aromatic heterocycles. The molecule has 0 bridgehead atoms. The van der Waals surface area contributed by atoms with E-state index in [-0.39, 0.29) is 10.5 Å². The highest BCUT2D eigenvalue weighted by Crippen LogP contribution is 2.27. The van der Waals surface area contributed by atoms with Crippen molar-refractivity contribution in [2.75, 3.05) is 19.8 Å². The highest BCUT2D eigenvalue weighted by Gasteiger charge is 2.30. The average Bonchev–Trinajstić information content (AvgIpc) is 2.39. The SMILES string of the molecule is Fc1c(B2OCCCO2)ccc(Cl)c1OCC(F)F. The molecule has 0 N–H and O–H groups in total. The number of rotatable bonds is 4. The monoisotopic (exact) mass is 294 g/mol. The van der Waals surface area contributed by atoms with Crippen molar-refractivity contribution >= 4 is 24.2 Å². The van der Waals surface area contributed by atoms with Crippen LogP contribution in [0.3, 0.4) is 0 Å². The van der Waals surface area contributed by atoms with Gasteiger partial charge in [0.1, 0.15) is 6.61 Å². The molecule has 0 atom stereocenters. The van der Waals surface area contributed by atoms with Crippen molar-refractivity contribution in [2.24, 2.45) is 0 Å². The molecule has 1 aliphatic rings. The van der Waals surface area contributed by atoms with Crippen LogP contribution in [0.1, 0.15) is 6.42 Å². The molecule has 1 aliphatic heterocycles. The van der Waals surface area contributed by atoms with E-state index in [4.69, 9.17) is 25.6 Å². The summed E-state index contributed by atoms with van der Waals surface area (Å²) < 4.78 is 53.6. The normalized spacial score (nSPS) is 15.9. The van der Waals surface area contributed by atoms with Crippen LogP contribution in [0, 0.1) is 5.82 Å². The van der Waals surface area contributed by atoms with Crippen LogP contribution in [-0.4, -0.2) is 33.4 Å². The predicted octanol–water partition coefficient (Wildman–Crippen LogP) is 2.26. The first kappa shape index (κ1) is 14.5. The first-order valence-corrected chi connectivity index (χ1v) is 6.09. The van der Waals surface area contributed by atoms with Crippen molar-refractivity contribution in [2.45, 2.75) is 12.8 Å². The second kappa shape index (κ2) is 6.50. The molecule has 1 aromatic rings. The van der Waals surface area contributed by atoms with Crippen LogP contribution in [-0.2, 0) is 9.31 Å². The van der Waals surface area contributed by atoms with Crippen LogP contribution >= 0.6 is 11.6 Å². The molecule has 3 nitrogen and oxygen atoms in total. The zero-order valence-electron chi connectivity index (χ0n) is 9.87. The number of hydrogen-bond donors (Lipinski definition) is 0. The maximum absolute atomic E-state index is 14.2. The topological polar surface area (TPSA) is 27.7 Å². The Morgan fingerprint density at radius 3 is 2.63 bits per heavy atom. The maximum Gasteiger partial charge on any atom is 0.497 e. The molecule has 0 radical (unpaired) electrons. The molecule has 0 aliphatic carbocycles. The molecule has 8 heteroatoms. The minimum Gasteiger partial charge on any atom is -0.483 e. The Kier molecular flexibility index (Phi) is 4.96. The van der Waals surface area contributed by atoms with Crippen LogP contribution in [0.25, 0.3) is 0 Å². The van der Waals surface area contributed by atoms with Gasteiger partial charge in [0.2, 0.25) is 0 Å². The van der Waals surface area contributed by atoms with Crippen molar-refractivity contribution in [3.63, 3.8) is 0 Å². The first-order valence-electron chi connectivity index (χ1n) is 5.71. The lowest BCUT2D eigenvalue weighted by molar-refractivity contribution is 0.0800. The van der Waals surface area contributed by atoms with Crippen molar-refractivity contribution in [1.82, 2.24) is 0 Å². The lowest BCUT2D eigenvalue weighted by atomic mass is 9.77. The summed E-state index contributed by atoms with van der Waals surface area (Å²) in [6.45, 7) is -0.0353. The van der Waals surface area contributed by atoms with E-state index < -0.39 is 31.7 Å². The van der Waals surface area contributed by atoms with Gasteiger partial charge in [0.05, 0.1) is 5.02 Å². The Morgan fingerprint density at radius 2 is 2.00 bits per heavy atom. The highest BCUT2D eigenvalue weighted by molar-refractivity contribution is 6.61. The van der Waals surface area contributed by atoms with E-state index in [1.807, 2.05) is 0 Å². The van der Waals surface area contributed by atoms with E-state index in [0.717, 1.165) is 6.42 Å². The minimum atomic E-state index is -2.71. The molecule has 1 aromatic carbocycles. The molecule has 0 amide bonds. The summed E-state index contributed by atoms with van der Waals surface area (Å²) in [5.41, 5.74) is 0.0911. The summed E-state index contributed by atoms with van der Waals surface area (Å²) in [6, 6.07) is 2.75. The fourth-order valence-corrected chi connectivity index (χ4v) is 1.88. The smallest absolute Gasteiger partial charge is 0.483 e. The third-order valence-corrected chi connectivity index (χ3v) is 2.81. The van der Waals surface area contributed by atoms with Crippen LogP contribution in [0.4, 0.5) is 13.2 Å². The highest BCUT2D eigenvalue weighted by atomic mass is 35.5. The second-order valence-corrected chi connectivity index (χ2v) is 4.32. The Bertz CT molecular complexity index is 441. The fraction of sp³-hybridized carbons (Fsp3) is 0.455. The summed E-state index contributed by atoms with van der Waals surface area (Å²) in [5, 5.41) is -0.0716. The van der Waals surface area contributed by atoms with Crippen LogP contribution in [0.5, 0.6) is 5.75 Å². The summed E-state index contributed by atoms with van der Waals surface area (Å²) in [5.74, 6) is -1.24. The lowest BCUT2D eigenvalue weighted by Gasteiger charge is -2.21. The molecular weight excluding hydrogens is 283 g/mol. The molecule has 19 heavy (non-hydrogen) atoms. The van der Waals surface area contributed by atoms with Gasteiger partial charge in [-0.25, -0.2) is 13.2 Å². The summed E-state index contributed by atoms with van der Waals surface area (Å²) >= 11 is 5.73. The van der Waals surface area contributed by atoms with Gasteiger partial charge in [0.25, 0.3) is 6.43 Å². The third kappa shape index (κ3) is 3.55. The van der Waals surface area contributed by atoms with Gasteiger partial charge in [0.15, 0.2) is 11.6 Å². The molecule has 2 rings (SSSR count). The summed E-state index contributed by atoms with van der Waals surface area (Å²) in [6.07, 6.45) is -1.98. The van der Waals surface area contributed by atoms with E-state index >= 15 is 0 Å². The van der Waals surface area contributed by atoms with E-state index in [0.29, 0.717) is 13.2 Å². The number of ether oxygens (including phenoxy) is 1. The van der Waals surface area contributed by atoms with Crippen molar-refractivity contribution in [3.8, 4) is 5.75 Å². The minimum absolute atomic E-state index is 0.0716. The van der Waals surface area contributed by atoms with Crippen LogP contribution in [0.15, 0.2) is 12.1 Å². The molecule has 1 saturated heterocycles. The van der Waals surface area contributed by atoms with Crippen molar-refractivity contribution < 1.29 is 27.2 Å². The van der Waals surface area contributed by atoms with Gasteiger partial charge >= 0.3 is 7.12 Å². The Labute approximate surface area is 113 Å². The zero-order chi connectivity index (χ0) is 13.8.